The van der Waals surface area contributed by atoms with Crippen LogP contribution in [-0.4, -0.2) is 39.0 Å². The standard InChI is InChI=1S/C54H34N8/c1-5-19-35(20-6-1)39-27-13-14-30-42(39)52-56-51(38-25-11-4-12-26-38)59-54(60-52)62-46-32-18-16-29-41(46)44-33-43-40-28-15-17-31-45(40)61(47(43)34-48(44)62)53-57-49(36-21-7-2-8-22-36)55-50(58-53)37-23-9-3-10-24-37/h1-34H. The van der Waals surface area contributed by atoms with Gasteiger partial charge < -0.3 is 0 Å². The Morgan fingerprint density at radius 2 is 0.597 bits per heavy atom. The van der Waals surface area contributed by atoms with E-state index in [0.717, 1.165) is 77.0 Å². The molecule has 0 amide bonds. The third-order valence-electron chi connectivity index (χ3n) is 11.5. The zero-order valence-corrected chi connectivity index (χ0v) is 33.2. The second-order valence-electron chi connectivity index (χ2n) is 15.2. The van der Waals surface area contributed by atoms with E-state index in [1.54, 1.807) is 0 Å². The van der Waals surface area contributed by atoms with Gasteiger partial charge in [-0.05, 0) is 35.4 Å². The molecule has 0 aliphatic rings. The van der Waals surface area contributed by atoms with Gasteiger partial charge in [-0.2, -0.15) is 19.9 Å². The Hall–Kier alpha value is -8.62. The van der Waals surface area contributed by atoms with Gasteiger partial charge in [0.1, 0.15) is 0 Å². The molecular formula is C54H34N8. The van der Waals surface area contributed by atoms with Gasteiger partial charge >= 0.3 is 0 Å². The molecule has 0 N–H and O–H groups in total. The number of aromatic nitrogens is 8. The fraction of sp³-hybridized carbons (Fsp3) is 0. The first-order chi connectivity index (χ1) is 30.7. The van der Waals surface area contributed by atoms with Gasteiger partial charge in [0.15, 0.2) is 23.3 Å². The van der Waals surface area contributed by atoms with Gasteiger partial charge in [0.25, 0.3) is 0 Å². The number of hydrogen-bond acceptors (Lipinski definition) is 6. The highest BCUT2D eigenvalue weighted by Crippen LogP contribution is 2.40. The minimum atomic E-state index is 0.516. The van der Waals surface area contributed by atoms with Crippen molar-refractivity contribution in [3.05, 3.63) is 206 Å². The van der Waals surface area contributed by atoms with Crippen LogP contribution >= 0.6 is 0 Å². The number of fused-ring (bicyclic) bond motifs is 6. The van der Waals surface area contributed by atoms with E-state index in [4.69, 9.17) is 29.9 Å². The quantitative estimate of drug-likeness (QED) is 0.160. The van der Waals surface area contributed by atoms with Crippen LogP contribution in [0.5, 0.6) is 0 Å². The maximum atomic E-state index is 5.35. The van der Waals surface area contributed by atoms with E-state index < -0.39 is 0 Å². The summed E-state index contributed by atoms with van der Waals surface area (Å²) in [5.41, 5.74) is 9.61. The highest BCUT2D eigenvalue weighted by molar-refractivity contribution is 6.19. The van der Waals surface area contributed by atoms with Crippen LogP contribution in [0, 0.1) is 0 Å². The van der Waals surface area contributed by atoms with Crippen molar-refractivity contribution in [1.29, 1.82) is 0 Å². The maximum Gasteiger partial charge on any atom is 0.238 e. The van der Waals surface area contributed by atoms with Crippen LogP contribution in [0.4, 0.5) is 0 Å². The first-order valence-electron chi connectivity index (χ1n) is 20.6. The summed E-state index contributed by atoms with van der Waals surface area (Å²) in [7, 11) is 0. The molecule has 4 heterocycles. The molecule has 0 saturated carbocycles. The normalized spacial score (nSPS) is 11.5. The largest absolute Gasteiger partial charge is 0.278 e. The molecule has 12 rings (SSSR count). The maximum absolute atomic E-state index is 5.35. The van der Waals surface area contributed by atoms with Gasteiger partial charge in [0.2, 0.25) is 11.9 Å². The van der Waals surface area contributed by atoms with E-state index in [0.29, 0.717) is 35.2 Å². The van der Waals surface area contributed by atoms with E-state index in [2.05, 4.69) is 112 Å². The Balaban J connectivity index is 1.16. The molecule has 0 spiro atoms. The van der Waals surface area contributed by atoms with Gasteiger partial charge in [-0.15, -0.1) is 0 Å². The molecule has 0 fully saturated rings. The number of nitrogens with zero attached hydrogens (tertiary/aromatic N) is 8. The van der Waals surface area contributed by atoms with Crippen molar-refractivity contribution in [2.45, 2.75) is 0 Å². The Kier molecular flexibility index (Phi) is 8.31. The Labute approximate surface area is 356 Å². The van der Waals surface area contributed by atoms with Crippen molar-refractivity contribution in [3.63, 3.8) is 0 Å². The second-order valence-corrected chi connectivity index (χ2v) is 15.2. The topological polar surface area (TPSA) is 87.2 Å². The number of rotatable bonds is 7. The smallest absolute Gasteiger partial charge is 0.238 e. The Morgan fingerprint density at radius 1 is 0.242 bits per heavy atom. The molecule has 8 heteroatoms. The Bertz CT molecular complexity index is 3560. The van der Waals surface area contributed by atoms with Crippen LogP contribution in [0.1, 0.15) is 0 Å². The van der Waals surface area contributed by atoms with Gasteiger partial charge in [-0.1, -0.05) is 182 Å². The zero-order valence-electron chi connectivity index (χ0n) is 33.2. The minimum Gasteiger partial charge on any atom is -0.278 e. The van der Waals surface area contributed by atoms with Crippen molar-refractivity contribution in [1.82, 2.24) is 39.0 Å². The summed E-state index contributed by atoms with van der Waals surface area (Å²) < 4.78 is 4.34. The SMILES string of the molecule is c1ccc(-c2nc(-c3ccccc3)nc(-n3c4ccccc4c4cc5c6ccccc6n(-c6nc(-c7ccccc7)nc(-c7ccccc7-c7ccccc7)n6)c5cc43)n2)cc1. The molecular weight excluding hydrogens is 761 g/mol. The van der Waals surface area contributed by atoms with E-state index in [1.165, 1.54) is 0 Å². The van der Waals surface area contributed by atoms with E-state index in [1.807, 2.05) is 103 Å². The van der Waals surface area contributed by atoms with Crippen molar-refractivity contribution in [3.8, 4) is 68.6 Å². The van der Waals surface area contributed by atoms with Crippen LogP contribution in [0.15, 0.2) is 206 Å². The van der Waals surface area contributed by atoms with Crippen LogP contribution in [0.2, 0.25) is 0 Å². The first kappa shape index (κ1) is 35.3. The van der Waals surface area contributed by atoms with E-state index in [9.17, 15) is 0 Å². The van der Waals surface area contributed by atoms with Gasteiger partial charge in [0, 0.05) is 43.8 Å². The summed E-state index contributed by atoms with van der Waals surface area (Å²) in [6.07, 6.45) is 0. The number of hydrogen-bond donors (Lipinski definition) is 0. The van der Waals surface area contributed by atoms with Crippen molar-refractivity contribution in [2.75, 3.05) is 0 Å². The molecule has 0 saturated heterocycles. The minimum absolute atomic E-state index is 0.516. The second kappa shape index (κ2) is 14.6. The molecule has 0 aliphatic carbocycles. The fourth-order valence-electron chi connectivity index (χ4n) is 8.61. The highest BCUT2D eigenvalue weighted by atomic mass is 15.2. The van der Waals surface area contributed by atoms with E-state index >= 15 is 0 Å². The molecule has 0 radical (unpaired) electrons. The molecule has 4 aromatic heterocycles. The van der Waals surface area contributed by atoms with Crippen LogP contribution in [-0.2, 0) is 0 Å². The molecule has 62 heavy (non-hydrogen) atoms. The lowest BCUT2D eigenvalue weighted by Crippen LogP contribution is -2.07. The van der Waals surface area contributed by atoms with Gasteiger partial charge in [-0.3, -0.25) is 9.13 Å². The molecule has 8 nitrogen and oxygen atoms in total. The molecule has 0 aliphatic heterocycles. The lowest BCUT2D eigenvalue weighted by Gasteiger charge is -2.13. The molecule has 12 aromatic rings. The van der Waals surface area contributed by atoms with Crippen molar-refractivity contribution < 1.29 is 0 Å². The third-order valence-corrected chi connectivity index (χ3v) is 11.5. The Morgan fingerprint density at radius 3 is 1.06 bits per heavy atom. The summed E-state index contributed by atoms with van der Waals surface area (Å²) >= 11 is 0. The lowest BCUT2D eigenvalue weighted by molar-refractivity contribution is 0.949. The predicted octanol–water partition coefficient (Wildman–Crippen LogP) is 12.6. The molecule has 8 aromatic carbocycles. The van der Waals surface area contributed by atoms with Gasteiger partial charge in [-0.25, -0.2) is 9.97 Å². The van der Waals surface area contributed by atoms with Gasteiger partial charge in [0.05, 0.1) is 22.1 Å². The lowest BCUT2D eigenvalue weighted by atomic mass is 9.99. The molecule has 0 unspecified atom stereocenters. The highest BCUT2D eigenvalue weighted by Gasteiger charge is 2.23. The van der Waals surface area contributed by atoms with E-state index in [-0.39, 0.29) is 0 Å². The molecule has 290 valence electrons. The first-order valence-corrected chi connectivity index (χ1v) is 20.6. The third kappa shape index (κ3) is 5.92. The molecule has 0 atom stereocenters. The van der Waals surface area contributed by atoms with Crippen molar-refractivity contribution >= 4 is 43.6 Å². The van der Waals surface area contributed by atoms with Crippen LogP contribution in [0.25, 0.3) is 112 Å². The summed E-state index contributed by atoms with van der Waals surface area (Å²) in [6.45, 7) is 0. The predicted molar refractivity (Wildman–Crippen MR) is 249 cm³/mol. The number of benzene rings is 8. The van der Waals surface area contributed by atoms with Crippen LogP contribution < -0.4 is 0 Å². The molecule has 0 bridgehead atoms. The number of para-hydroxylation sites is 2. The van der Waals surface area contributed by atoms with Crippen LogP contribution in [0.3, 0.4) is 0 Å². The summed E-state index contributed by atoms with van der Waals surface area (Å²) in [4.78, 5) is 31.2. The monoisotopic (exact) mass is 794 g/mol. The zero-order chi connectivity index (χ0) is 41.0. The average molecular weight is 795 g/mol. The van der Waals surface area contributed by atoms with Crippen molar-refractivity contribution in [2.24, 2.45) is 0 Å². The summed E-state index contributed by atoms with van der Waals surface area (Å²) in [5.74, 6) is 3.40. The fourth-order valence-corrected chi connectivity index (χ4v) is 8.61. The summed E-state index contributed by atoms with van der Waals surface area (Å²) in [5, 5.41) is 4.34. The summed E-state index contributed by atoms with van der Waals surface area (Å²) in [6, 6.07) is 70.4. The average Bonchev–Trinajstić information content (AvgIpc) is 3.86.